The van der Waals surface area contributed by atoms with Gasteiger partial charge in [0.1, 0.15) is 18.8 Å². The van der Waals surface area contributed by atoms with E-state index in [1.807, 2.05) is 0 Å². The van der Waals surface area contributed by atoms with E-state index < -0.39 is 5.97 Å². The van der Waals surface area contributed by atoms with Gasteiger partial charge in [-0.15, -0.1) is 5.10 Å². The van der Waals surface area contributed by atoms with Gasteiger partial charge in [-0.1, -0.05) is 11.6 Å². The Morgan fingerprint density at radius 2 is 2.00 bits per heavy atom. The van der Waals surface area contributed by atoms with E-state index in [-0.39, 0.29) is 18.0 Å². The number of nitrogens with one attached hydrogen (secondary N) is 1. The van der Waals surface area contributed by atoms with Crippen molar-refractivity contribution in [2.24, 2.45) is 0 Å². The lowest BCUT2D eigenvalue weighted by Crippen LogP contribution is -2.14. The van der Waals surface area contributed by atoms with E-state index in [1.54, 1.807) is 42.5 Å². The van der Waals surface area contributed by atoms with E-state index >= 15 is 0 Å². The highest BCUT2D eigenvalue weighted by Crippen LogP contribution is 2.15. The molecule has 0 radical (unpaired) electrons. The second-order valence-corrected chi connectivity index (χ2v) is 5.99. The van der Waals surface area contributed by atoms with Crippen molar-refractivity contribution in [2.75, 3.05) is 0 Å². The Morgan fingerprint density at radius 1 is 1.19 bits per heavy atom. The van der Waals surface area contributed by atoms with Gasteiger partial charge < -0.3 is 9.72 Å². The number of fused-ring (bicyclic) bond motifs is 1. The van der Waals surface area contributed by atoms with Gasteiger partial charge in [0.2, 0.25) is 0 Å². The average Bonchev–Trinajstić information content (AvgIpc) is 3.20. The third-order valence-corrected chi connectivity index (χ3v) is 4.01. The number of tetrazole rings is 1. The first-order valence-electron chi connectivity index (χ1n) is 7.79. The molecule has 4 aromatic rings. The van der Waals surface area contributed by atoms with E-state index in [0.29, 0.717) is 27.2 Å². The molecule has 27 heavy (non-hydrogen) atoms. The molecule has 0 atom stereocenters. The summed E-state index contributed by atoms with van der Waals surface area (Å²) in [4.78, 5) is 31.1. The average molecular weight is 383 g/mol. The maximum absolute atomic E-state index is 12.2. The van der Waals surface area contributed by atoms with Crippen LogP contribution < -0.4 is 5.56 Å². The number of hydrogen-bond donors (Lipinski definition) is 1. The molecule has 0 unspecified atom stereocenters. The van der Waals surface area contributed by atoms with E-state index in [0.717, 1.165) is 0 Å². The molecule has 2 heterocycles. The fourth-order valence-electron chi connectivity index (χ4n) is 2.48. The first-order chi connectivity index (χ1) is 13.1. The van der Waals surface area contributed by atoms with Gasteiger partial charge >= 0.3 is 5.97 Å². The van der Waals surface area contributed by atoms with Crippen molar-refractivity contribution in [3.05, 3.63) is 75.6 Å². The molecule has 2 aromatic carbocycles. The normalized spacial score (nSPS) is 10.9. The van der Waals surface area contributed by atoms with E-state index in [2.05, 4.69) is 25.5 Å². The fraction of sp³-hybridized carbons (Fsp3) is 0.0588. The number of carbonyl (C=O) groups excluding carboxylic acids is 1. The Kier molecular flexibility index (Phi) is 4.35. The van der Waals surface area contributed by atoms with Crippen LogP contribution in [0.25, 0.3) is 16.6 Å². The zero-order valence-corrected chi connectivity index (χ0v) is 14.4. The molecule has 0 aliphatic carbocycles. The van der Waals surface area contributed by atoms with Crippen molar-refractivity contribution in [3.63, 3.8) is 0 Å². The predicted molar refractivity (Wildman–Crippen MR) is 95.6 cm³/mol. The summed E-state index contributed by atoms with van der Waals surface area (Å²) in [5.74, 6) is -0.319. The Bertz CT molecular complexity index is 1170. The van der Waals surface area contributed by atoms with E-state index in [9.17, 15) is 9.59 Å². The first kappa shape index (κ1) is 16.9. The van der Waals surface area contributed by atoms with Gasteiger partial charge in [-0.2, -0.15) is 0 Å². The molecule has 1 N–H and O–H groups in total. The maximum Gasteiger partial charge on any atom is 0.338 e. The summed E-state index contributed by atoms with van der Waals surface area (Å²) < 4.78 is 6.69. The number of H-pyrrole nitrogens is 1. The number of aromatic nitrogens is 6. The maximum atomic E-state index is 12.2. The molecule has 10 heteroatoms. The largest absolute Gasteiger partial charge is 0.454 e. The summed E-state index contributed by atoms with van der Waals surface area (Å²) >= 11 is 5.93. The Morgan fingerprint density at radius 3 is 2.74 bits per heavy atom. The van der Waals surface area contributed by atoms with Crippen LogP contribution in [0.4, 0.5) is 0 Å². The SMILES string of the molecule is O=C(OCc1nc2cc(Cl)ccc2c(=O)[nH]1)c1ccc(-n2cnnn2)cc1. The minimum atomic E-state index is -0.549. The zero-order chi connectivity index (χ0) is 18.8. The number of hydrogen-bond acceptors (Lipinski definition) is 7. The molecule has 0 saturated carbocycles. The van der Waals surface area contributed by atoms with Gasteiger partial charge in [-0.05, 0) is 52.9 Å². The highest BCUT2D eigenvalue weighted by atomic mass is 35.5. The summed E-state index contributed by atoms with van der Waals surface area (Å²) in [7, 11) is 0. The smallest absolute Gasteiger partial charge is 0.338 e. The van der Waals surface area contributed by atoms with Crippen molar-refractivity contribution in [2.45, 2.75) is 6.61 Å². The number of benzene rings is 2. The summed E-state index contributed by atoms with van der Waals surface area (Å²) in [5, 5.41) is 11.7. The molecular weight excluding hydrogens is 372 g/mol. The number of esters is 1. The van der Waals surface area contributed by atoms with Crippen LogP contribution in [0.2, 0.25) is 5.02 Å². The molecule has 134 valence electrons. The third kappa shape index (κ3) is 3.53. The second kappa shape index (κ2) is 6.96. The molecule has 0 saturated heterocycles. The van der Waals surface area contributed by atoms with E-state index in [1.165, 1.54) is 11.0 Å². The Hall–Kier alpha value is -3.59. The third-order valence-electron chi connectivity index (χ3n) is 3.77. The number of nitrogens with zero attached hydrogens (tertiary/aromatic N) is 5. The lowest BCUT2D eigenvalue weighted by atomic mass is 10.2. The molecule has 0 bridgehead atoms. The highest BCUT2D eigenvalue weighted by molar-refractivity contribution is 6.31. The van der Waals surface area contributed by atoms with Crippen LogP contribution in [0, 0.1) is 0 Å². The minimum absolute atomic E-state index is 0.175. The summed E-state index contributed by atoms with van der Waals surface area (Å²) in [5.41, 5.74) is 1.16. The number of halogens is 1. The van der Waals surface area contributed by atoms with Crippen molar-refractivity contribution in [1.82, 2.24) is 30.2 Å². The molecule has 0 aliphatic heterocycles. The highest BCUT2D eigenvalue weighted by Gasteiger charge is 2.10. The number of ether oxygens (including phenoxy) is 1. The summed E-state index contributed by atoms with van der Waals surface area (Å²) in [6.07, 6.45) is 1.45. The zero-order valence-electron chi connectivity index (χ0n) is 13.7. The number of carbonyl (C=O) groups is 1. The molecule has 4 rings (SSSR count). The van der Waals surface area contributed by atoms with Gasteiger partial charge in [-0.25, -0.2) is 14.5 Å². The van der Waals surface area contributed by atoms with Crippen LogP contribution >= 0.6 is 11.6 Å². The predicted octanol–water partition coefficient (Wildman–Crippen LogP) is 1.91. The van der Waals surface area contributed by atoms with Gasteiger partial charge in [0.05, 0.1) is 22.2 Å². The molecule has 0 aliphatic rings. The molecule has 0 amide bonds. The van der Waals surface area contributed by atoms with E-state index in [4.69, 9.17) is 16.3 Å². The standard InChI is InChI=1S/C17H11ClN6O3/c18-11-3-6-13-14(7-11)20-15(21-16(13)25)8-27-17(26)10-1-4-12(5-2-10)24-9-19-22-23-24/h1-7,9H,8H2,(H,20,21,25). The topological polar surface area (TPSA) is 116 Å². The first-order valence-corrected chi connectivity index (χ1v) is 8.17. The fourth-order valence-corrected chi connectivity index (χ4v) is 2.64. The second-order valence-electron chi connectivity index (χ2n) is 5.55. The van der Waals surface area contributed by atoms with Crippen molar-refractivity contribution < 1.29 is 9.53 Å². The molecule has 0 fully saturated rings. The van der Waals surface area contributed by atoms with Crippen molar-refractivity contribution in [3.8, 4) is 5.69 Å². The molecule has 2 aromatic heterocycles. The molecular formula is C17H11ClN6O3. The van der Waals surface area contributed by atoms with Gasteiger partial charge in [0, 0.05) is 5.02 Å². The van der Waals surface area contributed by atoms with Crippen LogP contribution in [0.5, 0.6) is 0 Å². The van der Waals surface area contributed by atoms with Crippen molar-refractivity contribution in [1.29, 1.82) is 0 Å². The molecule has 0 spiro atoms. The minimum Gasteiger partial charge on any atom is -0.454 e. The lowest BCUT2D eigenvalue weighted by molar-refractivity contribution is 0.0462. The lowest BCUT2D eigenvalue weighted by Gasteiger charge is -2.06. The number of aromatic amines is 1. The van der Waals surface area contributed by atoms with Crippen LogP contribution in [-0.2, 0) is 11.3 Å². The van der Waals surface area contributed by atoms with Gasteiger partial charge in [0.25, 0.3) is 5.56 Å². The van der Waals surface area contributed by atoms with Crippen LogP contribution in [-0.4, -0.2) is 36.1 Å². The Balaban J connectivity index is 1.49. The quantitative estimate of drug-likeness (QED) is 0.536. The monoisotopic (exact) mass is 382 g/mol. The van der Waals surface area contributed by atoms with Crippen LogP contribution in [0.1, 0.15) is 16.2 Å². The summed E-state index contributed by atoms with van der Waals surface area (Å²) in [6, 6.07) is 11.3. The molecule has 9 nitrogen and oxygen atoms in total. The summed E-state index contributed by atoms with van der Waals surface area (Å²) in [6.45, 7) is -0.175. The van der Waals surface area contributed by atoms with Gasteiger partial charge in [0.15, 0.2) is 0 Å². The van der Waals surface area contributed by atoms with Crippen molar-refractivity contribution >= 4 is 28.5 Å². The van der Waals surface area contributed by atoms with Gasteiger partial charge in [-0.3, -0.25) is 4.79 Å². The number of rotatable bonds is 4. The van der Waals surface area contributed by atoms with Crippen LogP contribution in [0.3, 0.4) is 0 Å². The van der Waals surface area contributed by atoms with Crippen LogP contribution in [0.15, 0.2) is 53.6 Å². The Labute approximate surface area is 156 Å².